The number of nitrogens with one attached hydrogen (secondary N) is 1. The second kappa shape index (κ2) is 8.40. The molecule has 1 aromatic carbocycles. The van der Waals surface area contributed by atoms with E-state index < -0.39 is 6.61 Å². The van der Waals surface area contributed by atoms with Crippen LogP contribution in [0.3, 0.4) is 0 Å². The summed E-state index contributed by atoms with van der Waals surface area (Å²) in [6.45, 7) is -2.98. The van der Waals surface area contributed by atoms with Crippen molar-refractivity contribution in [2.45, 2.75) is 11.8 Å². The molecule has 11 heteroatoms. The standard InChI is InChI=1S/C16H13ClF2N4O3S/c1-23-14(12-3-2-6-25-12)21-22-16(23)27-8-13(24)20-9-4-5-11(10(17)7-9)26-15(18)19/h2-7,15H,8H2,1H3,(H,20,24). The van der Waals surface area contributed by atoms with Crippen LogP contribution in [0.15, 0.2) is 46.2 Å². The number of aromatic nitrogens is 3. The van der Waals surface area contributed by atoms with Gasteiger partial charge in [0.05, 0.1) is 17.0 Å². The first-order chi connectivity index (χ1) is 12.9. The van der Waals surface area contributed by atoms with E-state index in [-0.39, 0.29) is 22.4 Å². The zero-order valence-corrected chi connectivity index (χ0v) is 15.4. The first-order valence-corrected chi connectivity index (χ1v) is 8.90. The lowest BCUT2D eigenvalue weighted by atomic mass is 10.3. The molecule has 1 N–H and O–H groups in total. The maximum atomic E-state index is 12.2. The summed E-state index contributed by atoms with van der Waals surface area (Å²) in [5.74, 6) is 0.702. The molecule has 3 aromatic rings. The molecular weight excluding hydrogens is 402 g/mol. The van der Waals surface area contributed by atoms with Gasteiger partial charge in [-0.05, 0) is 30.3 Å². The number of carbonyl (C=O) groups is 1. The third-order valence-electron chi connectivity index (χ3n) is 3.34. The fraction of sp³-hybridized carbons (Fsp3) is 0.188. The van der Waals surface area contributed by atoms with Crippen molar-refractivity contribution in [2.24, 2.45) is 7.05 Å². The van der Waals surface area contributed by atoms with Gasteiger partial charge in [0.2, 0.25) is 5.91 Å². The Morgan fingerprint density at radius 2 is 2.22 bits per heavy atom. The Balaban J connectivity index is 1.58. The maximum absolute atomic E-state index is 12.2. The first-order valence-electron chi connectivity index (χ1n) is 7.54. The van der Waals surface area contributed by atoms with Gasteiger partial charge in [-0.25, -0.2) is 0 Å². The van der Waals surface area contributed by atoms with E-state index in [0.717, 1.165) is 0 Å². The monoisotopic (exact) mass is 414 g/mol. The van der Waals surface area contributed by atoms with Gasteiger partial charge < -0.3 is 19.0 Å². The van der Waals surface area contributed by atoms with Crippen molar-refractivity contribution in [3.05, 3.63) is 41.6 Å². The molecule has 0 aliphatic carbocycles. The van der Waals surface area contributed by atoms with Crippen molar-refractivity contribution < 1.29 is 22.7 Å². The van der Waals surface area contributed by atoms with Crippen molar-refractivity contribution >= 4 is 35.0 Å². The van der Waals surface area contributed by atoms with Gasteiger partial charge >= 0.3 is 6.61 Å². The summed E-state index contributed by atoms with van der Waals surface area (Å²) in [5.41, 5.74) is 0.362. The van der Waals surface area contributed by atoms with Gasteiger partial charge in [-0.2, -0.15) is 8.78 Å². The second-order valence-corrected chi connectivity index (χ2v) is 6.55. The van der Waals surface area contributed by atoms with Crippen LogP contribution in [0.4, 0.5) is 14.5 Å². The molecule has 0 spiro atoms. The fourth-order valence-corrected chi connectivity index (χ4v) is 3.09. The highest BCUT2D eigenvalue weighted by molar-refractivity contribution is 7.99. The molecule has 0 fully saturated rings. The van der Waals surface area contributed by atoms with E-state index in [1.807, 2.05) is 0 Å². The number of hydrogen-bond donors (Lipinski definition) is 1. The summed E-state index contributed by atoms with van der Waals surface area (Å²) < 4.78 is 35.7. The van der Waals surface area contributed by atoms with Crippen molar-refractivity contribution in [1.29, 1.82) is 0 Å². The highest BCUT2D eigenvalue weighted by atomic mass is 35.5. The molecule has 0 saturated carbocycles. The number of halogens is 3. The molecule has 3 rings (SSSR count). The quantitative estimate of drug-likeness (QED) is 0.587. The topological polar surface area (TPSA) is 82.2 Å². The Morgan fingerprint density at radius 3 is 2.89 bits per heavy atom. The van der Waals surface area contributed by atoms with Gasteiger partial charge in [0.1, 0.15) is 5.75 Å². The predicted molar refractivity (Wildman–Crippen MR) is 96.1 cm³/mol. The van der Waals surface area contributed by atoms with Crippen LogP contribution >= 0.6 is 23.4 Å². The minimum atomic E-state index is -2.98. The number of thioether (sulfide) groups is 1. The van der Waals surface area contributed by atoms with Gasteiger partial charge in [0, 0.05) is 12.7 Å². The number of carbonyl (C=O) groups excluding carboxylic acids is 1. The lowest BCUT2D eigenvalue weighted by Gasteiger charge is -2.09. The summed E-state index contributed by atoms with van der Waals surface area (Å²) in [5, 5.41) is 11.2. The number of rotatable bonds is 7. The van der Waals surface area contributed by atoms with Gasteiger partial charge in [-0.1, -0.05) is 23.4 Å². The Bertz CT molecular complexity index is 934. The predicted octanol–water partition coefficient (Wildman–Crippen LogP) is 4.06. The summed E-state index contributed by atoms with van der Waals surface area (Å²) >= 11 is 7.04. The molecular formula is C16H13ClF2N4O3S. The Kier molecular flexibility index (Phi) is 5.97. The van der Waals surface area contributed by atoms with Crippen LogP contribution in [-0.4, -0.2) is 33.0 Å². The van der Waals surface area contributed by atoms with Crippen molar-refractivity contribution in [2.75, 3.05) is 11.1 Å². The molecule has 27 heavy (non-hydrogen) atoms. The molecule has 142 valence electrons. The van der Waals surface area contributed by atoms with Gasteiger partial charge in [0.15, 0.2) is 16.7 Å². The molecule has 0 atom stereocenters. The van der Waals surface area contributed by atoms with E-state index in [1.165, 1.54) is 36.2 Å². The van der Waals surface area contributed by atoms with E-state index >= 15 is 0 Å². The van der Waals surface area contributed by atoms with Gasteiger partial charge in [-0.3, -0.25) is 4.79 Å². The molecule has 2 aromatic heterocycles. The lowest BCUT2D eigenvalue weighted by Crippen LogP contribution is -2.14. The summed E-state index contributed by atoms with van der Waals surface area (Å²) in [6.07, 6.45) is 1.53. The molecule has 0 unspecified atom stereocenters. The molecule has 0 bridgehead atoms. The zero-order chi connectivity index (χ0) is 19.4. The van der Waals surface area contributed by atoms with Crippen LogP contribution in [0.5, 0.6) is 5.75 Å². The highest BCUT2D eigenvalue weighted by Gasteiger charge is 2.15. The number of anilines is 1. The largest absolute Gasteiger partial charge is 0.461 e. The van der Waals surface area contributed by atoms with Crippen LogP contribution in [0.2, 0.25) is 5.02 Å². The molecule has 0 aliphatic heterocycles. The van der Waals surface area contributed by atoms with Crippen LogP contribution in [0, 0.1) is 0 Å². The van der Waals surface area contributed by atoms with Crippen LogP contribution in [0.25, 0.3) is 11.6 Å². The number of alkyl halides is 2. The third kappa shape index (κ3) is 4.77. The summed E-state index contributed by atoms with van der Waals surface area (Å²) in [6, 6.07) is 7.52. The summed E-state index contributed by atoms with van der Waals surface area (Å²) in [7, 11) is 1.76. The normalized spacial score (nSPS) is 11.0. The molecule has 7 nitrogen and oxygen atoms in total. The molecule has 0 radical (unpaired) electrons. The van der Waals surface area contributed by atoms with E-state index in [0.29, 0.717) is 22.4 Å². The molecule has 1 amide bonds. The maximum Gasteiger partial charge on any atom is 0.387 e. The number of hydrogen-bond acceptors (Lipinski definition) is 6. The Morgan fingerprint density at radius 1 is 1.41 bits per heavy atom. The van der Waals surface area contributed by atoms with Crippen molar-refractivity contribution in [1.82, 2.24) is 14.8 Å². The minimum Gasteiger partial charge on any atom is -0.461 e. The van der Waals surface area contributed by atoms with Crippen molar-refractivity contribution in [3.8, 4) is 17.3 Å². The highest BCUT2D eigenvalue weighted by Crippen LogP contribution is 2.29. The van der Waals surface area contributed by atoms with E-state index in [4.69, 9.17) is 16.0 Å². The Labute approximate surface area is 161 Å². The smallest absolute Gasteiger partial charge is 0.387 e. The third-order valence-corrected chi connectivity index (χ3v) is 4.66. The fourth-order valence-electron chi connectivity index (χ4n) is 2.16. The molecule has 0 saturated heterocycles. The van der Waals surface area contributed by atoms with Gasteiger partial charge in [0.25, 0.3) is 0 Å². The SMILES string of the molecule is Cn1c(SCC(=O)Nc2ccc(OC(F)F)c(Cl)c2)nnc1-c1ccco1. The second-order valence-electron chi connectivity index (χ2n) is 5.20. The lowest BCUT2D eigenvalue weighted by molar-refractivity contribution is -0.113. The average Bonchev–Trinajstić information content (AvgIpc) is 3.25. The van der Waals surface area contributed by atoms with Crippen LogP contribution in [-0.2, 0) is 11.8 Å². The zero-order valence-electron chi connectivity index (χ0n) is 13.9. The number of amides is 1. The van der Waals surface area contributed by atoms with E-state index in [9.17, 15) is 13.6 Å². The minimum absolute atomic E-state index is 0.0304. The summed E-state index contributed by atoms with van der Waals surface area (Å²) in [4.78, 5) is 12.1. The number of nitrogens with zero attached hydrogens (tertiary/aromatic N) is 3. The van der Waals surface area contributed by atoms with E-state index in [2.05, 4.69) is 20.3 Å². The number of furan rings is 1. The Hall–Kier alpha value is -2.59. The van der Waals surface area contributed by atoms with E-state index in [1.54, 1.807) is 23.7 Å². The molecule has 0 aliphatic rings. The van der Waals surface area contributed by atoms with Crippen LogP contribution < -0.4 is 10.1 Å². The number of benzene rings is 1. The van der Waals surface area contributed by atoms with Crippen molar-refractivity contribution in [3.63, 3.8) is 0 Å². The van der Waals surface area contributed by atoms with Gasteiger partial charge in [-0.15, -0.1) is 10.2 Å². The first kappa shape index (κ1) is 19.2. The average molecular weight is 415 g/mol. The van der Waals surface area contributed by atoms with Crippen LogP contribution in [0.1, 0.15) is 0 Å². The number of ether oxygens (including phenoxy) is 1. The molecule has 2 heterocycles.